The zero-order valence-corrected chi connectivity index (χ0v) is 7.60. The molecule has 0 saturated carbocycles. The van der Waals surface area contributed by atoms with Gasteiger partial charge < -0.3 is 5.11 Å². The number of hydrogen-bond donors (Lipinski definition) is 2. The molecule has 3 heteroatoms. The van der Waals surface area contributed by atoms with Gasteiger partial charge in [-0.05, 0) is 11.1 Å². The highest BCUT2D eigenvalue weighted by atomic mass is 16.4. The van der Waals surface area contributed by atoms with E-state index in [4.69, 9.17) is 5.11 Å². The summed E-state index contributed by atoms with van der Waals surface area (Å²) in [5, 5.41) is 11.5. The molecule has 1 aromatic carbocycles. The third kappa shape index (κ3) is 1.67. The van der Waals surface area contributed by atoms with Gasteiger partial charge in [-0.25, -0.2) is 0 Å². The molecule has 0 fully saturated rings. The fraction of sp³-hybridized carbons (Fsp3) is 0.182. The van der Waals surface area contributed by atoms with Gasteiger partial charge in [-0.1, -0.05) is 36.4 Å². The number of fused-ring (bicyclic) bond motifs is 1. The maximum atomic E-state index is 10.4. The number of nitrogens with one attached hydrogen (secondary N) is 1. The molecule has 0 saturated heterocycles. The molecular weight excluding hydrogens is 178 g/mol. The van der Waals surface area contributed by atoms with Crippen molar-refractivity contribution in [3.63, 3.8) is 0 Å². The van der Waals surface area contributed by atoms with Crippen LogP contribution in [-0.2, 0) is 4.79 Å². The Kier molecular flexibility index (Phi) is 2.33. The SMILES string of the molecule is O=C(O)CN[C@@H]1C=Cc2ccccc21. The van der Waals surface area contributed by atoms with Gasteiger partial charge in [0.15, 0.2) is 0 Å². The largest absolute Gasteiger partial charge is 0.480 e. The van der Waals surface area contributed by atoms with E-state index >= 15 is 0 Å². The summed E-state index contributed by atoms with van der Waals surface area (Å²) >= 11 is 0. The Labute approximate surface area is 82.1 Å². The van der Waals surface area contributed by atoms with Crippen LogP contribution in [0, 0.1) is 0 Å². The van der Waals surface area contributed by atoms with Crippen molar-refractivity contribution >= 4 is 12.0 Å². The second-order valence-electron chi connectivity index (χ2n) is 3.24. The summed E-state index contributed by atoms with van der Waals surface area (Å²) in [5.41, 5.74) is 2.31. The van der Waals surface area contributed by atoms with Crippen LogP contribution in [0.1, 0.15) is 17.2 Å². The van der Waals surface area contributed by atoms with Gasteiger partial charge in [-0.2, -0.15) is 0 Å². The first kappa shape index (κ1) is 8.97. The van der Waals surface area contributed by atoms with E-state index in [0.717, 1.165) is 11.1 Å². The summed E-state index contributed by atoms with van der Waals surface area (Å²) in [6.45, 7) is -0.0106. The second kappa shape index (κ2) is 3.64. The quantitative estimate of drug-likeness (QED) is 0.756. The molecule has 0 amide bonds. The molecule has 1 aromatic rings. The Morgan fingerprint density at radius 2 is 2.21 bits per heavy atom. The van der Waals surface area contributed by atoms with Crippen molar-refractivity contribution < 1.29 is 9.90 Å². The smallest absolute Gasteiger partial charge is 0.317 e. The fourth-order valence-corrected chi connectivity index (χ4v) is 1.62. The molecule has 1 atom stereocenters. The molecule has 3 nitrogen and oxygen atoms in total. The summed E-state index contributed by atoms with van der Waals surface area (Å²) < 4.78 is 0. The number of aliphatic carboxylic acids is 1. The molecule has 0 heterocycles. The molecule has 1 aliphatic rings. The van der Waals surface area contributed by atoms with E-state index in [0.29, 0.717) is 0 Å². The van der Waals surface area contributed by atoms with Gasteiger partial charge in [0.1, 0.15) is 0 Å². The highest BCUT2D eigenvalue weighted by Gasteiger charge is 2.16. The Morgan fingerprint density at radius 1 is 1.43 bits per heavy atom. The number of hydrogen-bond acceptors (Lipinski definition) is 2. The average Bonchev–Trinajstić information content (AvgIpc) is 2.58. The summed E-state index contributed by atoms with van der Waals surface area (Å²) in [6.07, 6.45) is 3.99. The van der Waals surface area contributed by atoms with Crippen LogP contribution in [0.25, 0.3) is 6.08 Å². The zero-order chi connectivity index (χ0) is 9.97. The highest BCUT2D eigenvalue weighted by Crippen LogP contribution is 2.27. The minimum absolute atomic E-state index is 0.0106. The maximum absolute atomic E-state index is 10.4. The summed E-state index contributed by atoms with van der Waals surface area (Å²) in [5.74, 6) is -0.831. The Hall–Kier alpha value is -1.61. The minimum Gasteiger partial charge on any atom is -0.480 e. The highest BCUT2D eigenvalue weighted by molar-refractivity contribution is 5.69. The van der Waals surface area contributed by atoms with Crippen molar-refractivity contribution in [2.75, 3.05) is 6.54 Å². The lowest BCUT2D eigenvalue weighted by molar-refractivity contribution is -0.136. The molecule has 0 unspecified atom stereocenters. The van der Waals surface area contributed by atoms with Crippen molar-refractivity contribution in [3.8, 4) is 0 Å². The van der Waals surface area contributed by atoms with E-state index in [2.05, 4.69) is 5.32 Å². The van der Waals surface area contributed by atoms with Crippen molar-refractivity contribution in [1.82, 2.24) is 5.32 Å². The summed E-state index contributed by atoms with van der Waals surface area (Å²) in [7, 11) is 0. The summed E-state index contributed by atoms with van der Waals surface area (Å²) in [4.78, 5) is 10.4. The molecule has 72 valence electrons. The van der Waals surface area contributed by atoms with Gasteiger partial charge in [-0.3, -0.25) is 10.1 Å². The van der Waals surface area contributed by atoms with Gasteiger partial charge in [0.2, 0.25) is 0 Å². The molecule has 0 spiro atoms. The van der Waals surface area contributed by atoms with E-state index in [1.54, 1.807) is 0 Å². The predicted octanol–water partition coefficient (Wildman–Crippen LogP) is 1.43. The minimum atomic E-state index is -0.831. The Morgan fingerprint density at radius 3 is 3.00 bits per heavy atom. The van der Waals surface area contributed by atoms with Crippen LogP contribution in [0.4, 0.5) is 0 Å². The number of carboxylic acid groups (broad SMARTS) is 1. The monoisotopic (exact) mass is 189 g/mol. The first-order valence-electron chi connectivity index (χ1n) is 4.49. The maximum Gasteiger partial charge on any atom is 0.317 e. The van der Waals surface area contributed by atoms with E-state index in [-0.39, 0.29) is 12.6 Å². The third-order valence-electron chi connectivity index (χ3n) is 2.27. The van der Waals surface area contributed by atoms with E-state index < -0.39 is 5.97 Å². The second-order valence-corrected chi connectivity index (χ2v) is 3.24. The third-order valence-corrected chi connectivity index (χ3v) is 2.27. The molecule has 0 bridgehead atoms. The van der Waals surface area contributed by atoms with Gasteiger partial charge in [-0.15, -0.1) is 0 Å². The molecule has 2 rings (SSSR count). The predicted molar refractivity (Wildman–Crippen MR) is 53.9 cm³/mol. The van der Waals surface area contributed by atoms with Crippen LogP contribution in [0.3, 0.4) is 0 Å². The van der Waals surface area contributed by atoms with Crippen LogP contribution in [-0.4, -0.2) is 17.6 Å². The molecule has 2 N–H and O–H groups in total. The lowest BCUT2D eigenvalue weighted by Gasteiger charge is -2.10. The van der Waals surface area contributed by atoms with Crippen molar-refractivity contribution in [2.24, 2.45) is 0 Å². The van der Waals surface area contributed by atoms with E-state index in [9.17, 15) is 4.79 Å². The number of carbonyl (C=O) groups is 1. The first-order valence-corrected chi connectivity index (χ1v) is 4.49. The first-order chi connectivity index (χ1) is 6.77. The molecule has 0 radical (unpaired) electrons. The van der Waals surface area contributed by atoms with Crippen molar-refractivity contribution in [3.05, 3.63) is 41.5 Å². The molecule has 0 aliphatic heterocycles. The van der Waals surface area contributed by atoms with Crippen LogP contribution >= 0.6 is 0 Å². The van der Waals surface area contributed by atoms with Crippen LogP contribution in [0.2, 0.25) is 0 Å². The molecule has 14 heavy (non-hydrogen) atoms. The molecule has 0 aromatic heterocycles. The lowest BCUT2D eigenvalue weighted by Crippen LogP contribution is -2.25. The normalized spacial score (nSPS) is 18.1. The number of rotatable bonds is 3. The summed E-state index contributed by atoms with van der Waals surface area (Å²) in [6, 6.07) is 8.01. The van der Waals surface area contributed by atoms with Gasteiger partial charge in [0.05, 0.1) is 12.6 Å². The van der Waals surface area contributed by atoms with E-state index in [1.807, 2.05) is 36.4 Å². The Balaban J connectivity index is 2.11. The average molecular weight is 189 g/mol. The van der Waals surface area contributed by atoms with Crippen LogP contribution < -0.4 is 5.32 Å². The number of carboxylic acids is 1. The van der Waals surface area contributed by atoms with Gasteiger partial charge in [0.25, 0.3) is 0 Å². The Bertz CT molecular complexity index is 385. The van der Waals surface area contributed by atoms with Crippen molar-refractivity contribution in [1.29, 1.82) is 0 Å². The topological polar surface area (TPSA) is 49.3 Å². The molecule has 1 aliphatic carbocycles. The van der Waals surface area contributed by atoms with Crippen LogP contribution in [0.15, 0.2) is 30.3 Å². The molecular formula is C11H11NO2. The van der Waals surface area contributed by atoms with Gasteiger partial charge in [0, 0.05) is 0 Å². The van der Waals surface area contributed by atoms with Gasteiger partial charge >= 0.3 is 5.97 Å². The lowest BCUT2D eigenvalue weighted by atomic mass is 10.1. The van der Waals surface area contributed by atoms with Crippen molar-refractivity contribution in [2.45, 2.75) is 6.04 Å². The fourth-order valence-electron chi connectivity index (χ4n) is 1.62. The zero-order valence-electron chi connectivity index (χ0n) is 7.60. The standard InChI is InChI=1S/C11H11NO2/c13-11(14)7-12-10-6-5-8-3-1-2-4-9(8)10/h1-6,10,12H,7H2,(H,13,14)/t10-/m1/s1. The van der Waals surface area contributed by atoms with Crippen LogP contribution in [0.5, 0.6) is 0 Å². The van der Waals surface area contributed by atoms with E-state index in [1.165, 1.54) is 0 Å². The number of benzene rings is 1.